The number of aromatic nitrogens is 3. The minimum atomic E-state index is 0.0943. The molecule has 35 heavy (non-hydrogen) atoms. The summed E-state index contributed by atoms with van der Waals surface area (Å²) in [6.45, 7) is 8.56. The first-order chi connectivity index (χ1) is 17.1. The first kappa shape index (κ1) is 23.2. The van der Waals surface area contributed by atoms with Gasteiger partial charge in [-0.3, -0.25) is 14.6 Å². The van der Waals surface area contributed by atoms with Gasteiger partial charge in [0.2, 0.25) is 11.9 Å². The summed E-state index contributed by atoms with van der Waals surface area (Å²) in [6, 6.07) is 12.2. The minimum Gasteiger partial charge on any atom is -0.370 e. The summed E-state index contributed by atoms with van der Waals surface area (Å²) in [5.74, 6) is 1.46. The fourth-order valence-corrected chi connectivity index (χ4v) is 4.48. The lowest BCUT2D eigenvalue weighted by Crippen LogP contribution is -2.49. The molecule has 0 aliphatic carbocycles. The number of carbonyl (C=O) groups excluding carboxylic acids is 1. The SMILES string of the molecule is Cc1c2cccc1Nc1nccc(n1)-c1ccc(nc1)NCCCNC(=O)CN1CCN(CC1)C2. The Bertz CT molecular complexity index is 1160. The summed E-state index contributed by atoms with van der Waals surface area (Å²) < 4.78 is 0. The molecule has 1 saturated heterocycles. The summed E-state index contributed by atoms with van der Waals surface area (Å²) in [5.41, 5.74) is 5.22. The van der Waals surface area contributed by atoms with Crippen molar-refractivity contribution < 1.29 is 4.79 Å². The van der Waals surface area contributed by atoms with E-state index >= 15 is 0 Å². The molecule has 1 aromatic carbocycles. The maximum atomic E-state index is 12.4. The topological polar surface area (TPSA) is 98.3 Å². The minimum absolute atomic E-state index is 0.0943. The van der Waals surface area contributed by atoms with E-state index < -0.39 is 0 Å². The number of nitrogens with zero attached hydrogens (tertiary/aromatic N) is 5. The quantitative estimate of drug-likeness (QED) is 0.459. The highest BCUT2D eigenvalue weighted by atomic mass is 16.2. The predicted molar refractivity (Wildman–Crippen MR) is 138 cm³/mol. The lowest BCUT2D eigenvalue weighted by Gasteiger charge is -2.34. The van der Waals surface area contributed by atoms with Crippen molar-refractivity contribution >= 4 is 23.4 Å². The van der Waals surface area contributed by atoms with Crippen molar-refractivity contribution in [2.24, 2.45) is 0 Å². The van der Waals surface area contributed by atoms with Crippen LogP contribution in [0.3, 0.4) is 0 Å². The maximum Gasteiger partial charge on any atom is 0.234 e. The summed E-state index contributed by atoms with van der Waals surface area (Å²) in [7, 11) is 0. The monoisotopic (exact) mass is 472 g/mol. The van der Waals surface area contributed by atoms with Gasteiger partial charge in [-0.05, 0) is 48.7 Å². The number of pyridine rings is 1. The van der Waals surface area contributed by atoms with Crippen molar-refractivity contribution in [1.82, 2.24) is 30.1 Å². The largest absolute Gasteiger partial charge is 0.370 e. The van der Waals surface area contributed by atoms with Gasteiger partial charge in [-0.1, -0.05) is 12.1 Å². The molecule has 7 heterocycles. The van der Waals surface area contributed by atoms with Crippen LogP contribution in [0.15, 0.2) is 48.8 Å². The molecule has 0 atom stereocenters. The molecule has 2 aromatic heterocycles. The number of carbonyl (C=O) groups is 1. The highest BCUT2D eigenvalue weighted by Gasteiger charge is 2.20. The van der Waals surface area contributed by atoms with Crippen LogP contribution >= 0.6 is 0 Å². The molecule has 0 saturated carbocycles. The van der Waals surface area contributed by atoms with Crippen LogP contribution in [0, 0.1) is 6.92 Å². The Kier molecular flexibility index (Phi) is 7.15. The second-order valence-electron chi connectivity index (χ2n) is 9.09. The van der Waals surface area contributed by atoms with Crippen LogP contribution in [0.5, 0.6) is 0 Å². The Morgan fingerprint density at radius 1 is 0.886 bits per heavy atom. The molecule has 0 spiro atoms. The zero-order valence-electron chi connectivity index (χ0n) is 20.1. The van der Waals surface area contributed by atoms with E-state index in [9.17, 15) is 4.79 Å². The summed E-state index contributed by atoms with van der Waals surface area (Å²) in [4.78, 5) is 30.7. The van der Waals surface area contributed by atoms with Gasteiger partial charge in [0.1, 0.15) is 5.82 Å². The second kappa shape index (κ2) is 10.8. The molecule has 8 bridgehead atoms. The van der Waals surface area contributed by atoms with Gasteiger partial charge in [0.25, 0.3) is 0 Å². The fourth-order valence-electron chi connectivity index (χ4n) is 4.48. The molecule has 182 valence electrons. The molecule has 3 aromatic rings. The zero-order valence-corrected chi connectivity index (χ0v) is 20.1. The van der Waals surface area contributed by atoms with E-state index in [0.717, 1.165) is 68.5 Å². The van der Waals surface area contributed by atoms with Crippen molar-refractivity contribution in [3.05, 3.63) is 59.9 Å². The Balaban J connectivity index is 1.39. The number of anilines is 3. The Morgan fingerprint density at radius 3 is 2.49 bits per heavy atom. The molecule has 1 fully saturated rings. The normalized spacial score (nSPS) is 21.0. The van der Waals surface area contributed by atoms with E-state index in [1.54, 1.807) is 6.20 Å². The lowest BCUT2D eigenvalue weighted by molar-refractivity contribution is -0.122. The van der Waals surface area contributed by atoms with Crippen molar-refractivity contribution in [3.8, 4) is 11.3 Å². The number of hydrogen-bond donors (Lipinski definition) is 3. The molecule has 0 radical (unpaired) electrons. The second-order valence-corrected chi connectivity index (χ2v) is 9.09. The number of hydrogen-bond acceptors (Lipinski definition) is 8. The smallest absolute Gasteiger partial charge is 0.234 e. The van der Waals surface area contributed by atoms with Crippen LogP contribution in [-0.2, 0) is 11.3 Å². The first-order valence-corrected chi connectivity index (χ1v) is 12.2. The zero-order chi connectivity index (χ0) is 24.0. The third-order valence-corrected chi connectivity index (χ3v) is 6.62. The van der Waals surface area contributed by atoms with Crippen LogP contribution in [0.2, 0.25) is 0 Å². The molecular weight excluding hydrogens is 440 g/mol. The Hall–Kier alpha value is -3.56. The van der Waals surface area contributed by atoms with Gasteiger partial charge >= 0.3 is 0 Å². The molecular formula is C26H32N8O. The Morgan fingerprint density at radius 2 is 1.69 bits per heavy atom. The highest BCUT2D eigenvalue weighted by Crippen LogP contribution is 2.25. The number of rotatable bonds is 0. The van der Waals surface area contributed by atoms with Gasteiger partial charge < -0.3 is 16.0 Å². The van der Waals surface area contributed by atoms with E-state index in [1.165, 1.54) is 11.1 Å². The number of benzene rings is 1. The van der Waals surface area contributed by atoms with Crippen LogP contribution in [-0.4, -0.2) is 76.5 Å². The molecule has 5 aliphatic rings. The summed E-state index contributed by atoms with van der Waals surface area (Å²) in [5, 5.41) is 9.77. The van der Waals surface area contributed by atoms with Crippen molar-refractivity contribution in [1.29, 1.82) is 0 Å². The van der Waals surface area contributed by atoms with Crippen LogP contribution in [0.25, 0.3) is 11.3 Å². The van der Waals surface area contributed by atoms with Gasteiger partial charge in [0.05, 0.1) is 12.2 Å². The van der Waals surface area contributed by atoms with E-state index in [0.29, 0.717) is 19.0 Å². The maximum absolute atomic E-state index is 12.4. The standard InChI is InChI=1S/C26H32N8O/c1-19-21-4-2-5-22(19)31-26-29-11-8-23(32-26)20-6-7-24(30-16-20)27-9-3-10-28-25(35)18-34-14-12-33(17-21)13-15-34/h2,4-8,11,16H,3,9-10,12-15,17-18H2,1H3,(H,27,30)(H,28,35)(H,29,31,32). The van der Waals surface area contributed by atoms with E-state index in [2.05, 4.69) is 60.8 Å². The van der Waals surface area contributed by atoms with E-state index in [4.69, 9.17) is 4.98 Å². The number of amides is 1. The van der Waals surface area contributed by atoms with Gasteiger partial charge in [0.15, 0.2) is 0 Å². The van der Waals surface area contributed by atoms with Gasteiger partial charge in [-0.15, -0.1) is 0 Å². The van der Waals surface area contributed by atoms with Crippen LogP contribution in [0.1, 0.15) is 17.5 Å². The summed E-state index contributed by atoms with van der Waals surface area (Å²) >= 11 is 0. The molecule has 1 amide bonds. The number of piperazine rings is 1. The third-order valence-electron chi connectivity index (χ3n) is 6.62. The third kappa shape index (κ3) is 5.93. The molecule has 0 unspecified atom stereocenters. The molecule has 5 aliphatic heterocycles. The molecule has 9 nitrogen and oxygen atoms in total. The Labute approximate surface area is 206 Å². The van der Waals surface area contributed by atoms with Crippen molar-refractivity contribution in [3.63, 3.8) is 0 Å². The van der Waals surface area contributed by atoms with Gasteiger partial charge in [0, 0.05) is 69.5 Å². The van der Waals surface area contributed by atoms with E-state index in [-0.39, 0.29) is 5.91 Å². The molecule has 9 heteroatoms. The first-order valence-electron chi connectivity index (χ1n) is 12.2. The molecule has 3 N–H and O–H groups in total. The van der Waals surface area contributed by atoms with Gasteiger partial charge in [-0.2, -0.15) is 0 Å². The number of nitrogens with one attached hydrogen (secondary N) is 3. The predicted octanol–water partition coefficient (Wildman–Crippen LogP) is 2.64. The molecule has 8 rings (SSSR count). The van der Waals surface area contributed by atoms with Crippen LogP contribution < -0.4 is 16.0 Å². The fraction of sp³-hybridized carbons (Fsp3) is 0.385. The average Bonchev–Trinajstić information content (AvgIpc) is 2.87. The van der Waals surface area contributed by atoms with Gasteiger partial charge in [-0.25, -0.2) is 15.0 Å². The van der Waals surface area contributed by atoms with Crippen LogP contribution in [0.4, 0.5) is 17.5 Å². The van der Waals surface area contributed by atoms with E-state index in [1.807, 2.05) is 24.4 Å². The highest BCUT2D eigenvalue weighted by molar-refractivity contribution is 5.78. The average molecular weight is 473 g/mol. The lowest BCUT2D eigenvalue weighted by atomic mass is 10.1. The van der Waals surface area contributed by atoms with Crippen molar-refractivity contribution in [2.75, 3.05) is 56.4 Å². The van der Waals surface area contributed by atoms with Crippen molar-refractivity contribution in [2.45, 2.75) is 19.9 Å². The summed E-state index contributed by atoms with van der Waals surface area (Å²) in [6.07, 6.45) is 4.42.